The minimum Gasteiger partial charge on any atom is -0.336 e. The second kappa shape index (κ2) is 13.9. The maximum atomic E-state index is 14.5. The average molecular weight is 594 g/mol. The molecule has 0 fully saturated rings. The highest BCUT2D eigenvalue weighted by molar-refractivity contribution is 5.95. The average Bonchev–Trinajstić information content (AvgIpc) is 3.10. The molecule has 224 valence electrons. The predicted octanol–water partition coefficient (Wildman–Crippen LogP) is 6.09. The summed E-state index contributed by atoms with van der Waals surface area (Å²) in [5.74, 6) is 0.348. The Morgan fingerprint density at radius 2 is 1.53 bits per heavy atom. The Kier molecular flexibility index (Phi) is 9.16. The highest BCUT2D eigenvalue weighted by Crippen LogP contribution is 2.24. The third-order valence-corrected chi connectivity index (χ3v) is 8.15. The molecule has 7 nitrogen and oxygen atoms in total. The van der Waals surface area contributed by atoms with Crippen LogP contribution in [0.15, 0.2) is 122 Å². The van der Waals surface area contributed by atoms with Crippen LogP contribution in [0.25, 0.3) is 17.3 Å². The fourth-order valence-electron chi connectivity index (χ4n) is 5.67. The zero-order chi connectivity index (χ0) is 31.0. The number of pyridine rings is 1. The van der Waals surface area contributed by atoms with Crippen LogP contribution >= 0.6 is 0 Å². The van der Waals surface area contributed by atoms with Crippen molar-refractivity contribution in [1.82, 2.24) is 24.8 Å². The van der Waals surface area contributed by atoms with E-state index in [-0.39, 0.29) is 18.4 Å². The normalized spacial score (nSPS) is 13.3. The molecule has 1 aliphatic heterocycles. The molecule has 3 aromatic carbocycles. The maximum absolute atomic E-state index is 14.5. The van der Waals surface area contributed by atoms with Crippen molar-refractivity contribution in [1.29, 1.82) is 0 Å². The summed E-state index contributed by atoms with van der Waals surface area (Å²) < 4.78 is 0. The van der Waals surface area contributed by atoms with Gasteiger partial charge in [0, 0.05) is 61.8 Å². The van der Waals surface area contributed by atoms with Crippen LogP contribution in [0, 0.1) is 6.92 Å². The molecular formula is C38H35N5O2. The van der Waals surface area contributed by atoms with Crippen LogP contribution in [0.5, 0.6) is 0 Å². The van der Waals surface area contributed by atoms with Gasteiger partial charge in [0.05, 0.1) is 5.69 Å². The molecule has 5 aromatic rings. The number of rotatable bonds is 9. The fraction of sp³-hybridized carbons (Fsp3) is 0.184. The summed E-state index contributed by atoms with van der Waals surface area (Å²) in [5, 5.41) is 0. The lowest BCUT2D eigenvalue weighted by Crippen LogP contribution is -2.52. The van der Waals surface area contributed by atoms with E-state index in [1.165, 1.54) is 11.6 Å². The van der Waals surface area contributed by atoms with E-state index in [4.69, 9.17) is 0 Å². The van der Waals surface area contributed by atoms with Gasteiger partial charge in [0.2, 0.25) is 11.8 Å². The molecule has 6 rings (SSSR count). The van der Waals surface area contributed by atoms with E-state index in [2.05, 4.69) is 27.1 Å². The number of carbonyl (C=O) groups is 2. The van der Waals surface area contributed by atoms with Gasteiger partial charge in [0.25, 0.3) is 0 Å². The van der Waals surface area contributed by atoms with E-state index < -0.39 is 6.04 Å². The summed E-state index contributed by atoms with van der Waals surface area (Å²) in [7, 11) is 0. The quantitative estimate of drug-likeness (QED) is 0.194. The van der Waals surface area contributed by atoms with Crippen molar-refractivity contribution >= 4 is 17.9 Å². The smallest absolute Gasteiger partial charge is 0.247 e. The molecule has 0 spiro atoms. The Bertz CT molecular complexity index is 1770. The summed E-state index contributed by atoms with van der Waals surface area (Å²) in [6, 6.07) is 31.3. The second-order valence-corrected chi connectivity index (χ2v) is 11.3. The first-order valence-electron chi connectivity index (χ1n) is 15.2. The topological polar surface area (TPSA) is 79.3 Å². The lowest BCUT2D eigenvalue weighted by Gasteiger charge is -2.37. The minimum atomic E-state index is -0.709. The van der Waals surface area contributed by atoms with Crippen LogP contribution in [0.4, 0.5) is 0 Å². The monoisotopic (exact) mass is 593 g/mol. The van der Waals surface area contributed by atoms with Crippen molar-refractivity contribution in [2.24, 2.45) is 0 Å². The molecule has 0 bridgehead atoms. The Morgan fingerprint density at radius 3 is 2.27 bits per heavy atom. The van der Waals surface area contributed by atoms with Crippen molar-refractivity contribution in [2.75, 3.05) is 6.54 Å². The van der Waals surface area contributed by atoms with E-state index in [1.54, 1.807) is 29.6 Å². The molecule has 3 heterocycles. The number of nitrogens with zero attached hydrogens (tertiary/aromatic N) is 5. The SMILES string of the molecule is Cc1ncc(C=CC(=O)N(Cc2ccc(-c3ccccn3)cc2)C(Cc2ccccc2)C(=O)N2CCc3ccccc3C2)cn1. The molecule has 2 amide bonds. The lowest BCUT2D eigenvalue weighted by atomic mass is 9.97. The van der Waals surface area contributed by atoms with Crippen LogP contribution in [0.1, 0.15) is 33.6 Å². The number of carbonyl (C=O) groups excluding carboxylic acids is 2. The van der Waals surface area contributed by atoms with Crippen molar-refractivity contribution in [3.8, 4) is 11.3 Å². The van der Waals surface area contributed by atoms with Gasteiger partial charge in [-0.05, 0) is 53.8 Å². The summed E-state index contributed by atoms with van der Waals surface area (Å²) >= 11 is 0. The van der Waals surface area contributed by atoms with Crippen molar-refractivity contribution in [3.05, 3.63) is 155 Å². The van der Waals surface area contributed by atoms with E-state index >= 15 is 0 Å². The van der Waals surface area contributed by atoms with E-state index in [0.29, 0.717) is 30.9 Å². The van der Waals surface area contributed by atoms with Gasteiger partial charge >= 0.3 is 0 Å². The molecule has 0 aliphatic carbocycles. The highest BCUT2D eigenvalue weighted by atomic mass is 16.2. The number of benzene rings is 3. The Labute approximate surface area is 263 Å². The van der Waals surface area contributed by atoms with E-state index in [1.807, 2.05) is 96.8 Å². The van der Waals surface area contributed by atoms with E-state index in [0.717, 1.165) is 34.4 Å². The molecule has 0 radical (unpaired) electrons. The predicted molar refractivity (Wildman–Crippen MR) is 176 cm³/mol. The number of aromatic nitrogens is 3. The number of hydrogen-bond donors (Lipinski definition) is 0. The van der Waals surface area contributed by atoms with E-state index in [9.17, 15) is 9.59 Å². The first-order chi connectivity index (χ1) is 22.0. The van der Waals surface area contributed by atoms with Crippen molar-refractivity contribution in [3.63, 3.8) is 0 Å². The minimum absolute atomic E-state index is 0.0566. The van der Waals surface area contributed by atoms with Gasteiger partial charge in [-0.2, -0.15) is 0 Å². The first kappa shape index (κ1) is 29.6. The summed E-state index contributed by atoms with van der Waals surface area (Å²) in [6.07, 6.45) is 9.56. The molecular weight excluding hydrogens is 558 g/mol. The molecule has 1 atom stereocenters. The molecule has 45 heavy (non-hydrogen) atoms. The number of aryl methyl sites for hydroxylation is 1. The maximum Gasteiger partial charge on any atom is 0.247 e. The molecule has 7 heteroatoms. The van der Waals surface area contributed by atoms with Crippen LogP contribution < -0.4 is 0 Å². The Hall–Kier alpha value is -5.43. The largest absolute Gasteiger partial charge is 0.336 e. The third kappa shape index (κ3) is 7.39. The third-order valence-electron chi connectivity index (χ3n) is 8.15. The summed E-state index contributed by atoms with van der Waals surface area (Å²) in [4.78, 5) is 45.2. The molecule has 0 saturated heterocycles. The Balaban J connectivity index is 1.34. The fourth-order valence-corrected chi connectivity index (χ4v) is 5.67. The number of fused-ring (bicyclic) bond motifs is 1. The zero-order valence-electron chi connectivity index (χ0n) is 25.3. The van der Waals surface area contributed by atoms with Crippen molar-refractivity contribution in [2.45, 2.75) is 38.9 Å². The van der Waals surface area contributed by atoms with Crippen LogP contribution in [-0.4, -0.2) is 49.2 Å². The van der Waals surface area contributed by atoms with Crippen LogP contribution in [0.3, 0.4) is 0 Å². The van der Waals surface area contributed by atoms with Gasteiger partial charge in [0.15, 0.2) is 0 Å². The summed E-state index contributed by atoms with van der Waals surface area (Å²) in [6.45, 7) is 3.22. The zero-order valence-corrected chi connectivity index (χ0v) is 25.3. The molecule has 1 unspecified atom stereocenters. The standard InChI is InChI=1S/C38H35N5O2/c1-28-40-24-31(25-41-28)16-19-37(44)43(26-30-14-17-33(18-15-30)35-13-7-8-21-39-35)36(23-29-9-3-2-4-10-29)38(45)42-22-20-32-11-5-6-12-34(32)27-42/h2-19,21,24-25,36H,20,22-23,26-27H2,1H3. The van der Waals surface area contributed by atoms with Crippen molar-refractivity contribution < 1.29 is 9.59 Å². The lowest BCUT2D eigenvalue weighted by molar-refractivity contribution is -0.144. The van der Waals surface area contributed by atoms with Crippen LogP contribution in [0.2, 0.25) is 0 Å². The van der Waals surface area contributed by atoms with Gasteiger partial charge in [-0.25, -0.2) is 9.97 Å². The molecule has 1 aliphatic rings. The van der Waals surface area contributed by atoms with Gasteiger partial charge in [-0.15, -0.1) is 0 Å². The summed E-state index contributed by atoms with van der Waals surface area (Å²) in [5.41, 5.74) is 6.91. The first-order valence-corrected chi connectivity index (χ1v) is 15.2. The van der Waals surface area contributed by atoms with Gasteiger partial charge < -0.3 is 9.80 Å². The molecule has 2 aromatic heterocycles. The molecule has 0 saturated carbocycles. The second-order valence-electron chi connectivity index (χ2n) is 11.3. The Morgan fingerprint density at radius 1 is 0.822 bits per heavy atom. The van der Waals surface area contributed by atoms with Crippen LogP contribution in [-0.2, 0) is 35.5 Å². The van der Waals surface area contributed by atoms with Gasteiger partial charge in [0.1, 0.15) is 11.9 Å². The van der Waals surface area contributed by atoms with Gasteiger partial charge in [-0.1, -0.05) is 84.9 Å². The van der Waals surface area contributed by atoms with Gasteiger partial charge in [-0.3, -0.25) is 14.6 Å². The molecule has 0 N–H and O–H groups in total. The number of hydrogen-bond acceptors (Lipinski definition) is 5. The highest BCUT2D eigenvalue weighted by Gasteiger charge is 2.34. The number of amides is 2.